The number of ketones is 1. The van der Waals surface area contributed by atoms with Crippen molar-refractivity contribution in [1.82, 2.24) is 0 Å². The number of halogens is 1. The van der Waals surface area contributed by atoms with Crippen LogP contribution in [-0.4, -0.2) is 23.0 Å². The number of Topliss-reactive ketones (excluding diaryl/α,β-unsaturated/α-hetero) is 1. The zero-order chi connectivity index (χ0) is 16.3. The number of ether oxygens (including phenoxy) is 1. The van der Waals surface area contributed by atoms with Crippen LogP contribution in [0.5, 0.6) is 0 Å². The first kappa shape index (κ1) is 16.6. The number of aliphatic hydroxyl groups excluding tert-OH is 1. The van der Waals surface area contributed by atoms with E-state index in [2.05, 4.69) is 0 Å². The van der Waals surface area contributed by atoms with Crippen LogP contribution in [0.2, 0.25) is 0 Å². The van der Waals surface area contributed by atoms with Crippen LogP contribution in [0.4, 0.5) is 4.39 Å². The second kappa shape index (κ2) is 7.01. The zero-order valence-corrected chi connectivity index (χ0v) is 12.8. The summed E-state index contributed by atoms with van der Waals surface area (Å²) in [6, 6.07) is 4.16. The van der Waals surface area contributed by atoms with Gasteiger partial charge in [0.1, 0.15) is 17.8 Å². The normalized spacial score (nSPS) is 22.0. The van der Waals surface area contributed by atoms with E-state index in [1.807, 2.05) is 13.8 Å². The van der Waals surface area contributed by atoms with Crippen LogP contribution in [0.15, 0.2) is 18.2 Å². The summed E-state index contributed by atoms with van der Waals surface area (Å²) in [7, 11) is 0. The van der Waals surface area contributed by atoms with E-state index in [1.54, 1.807) is 6.07 Å². The minimum atomic E-state index is -0.758. The first-order valence-electron chi connectivity index (χ1n) is 7.53. The Morgan fingerprint density at radius 2 is 2.05 bits per heavy atom. The summed E-state index contributed by atoms with van der Waals surface area (Å²) in [5.74, 6) is -1.62. The smallest absolute Gasteiger partial charge is 0.316 e. The molecule has 0 aliphatic carbocycles. The lowest BCUT2D eigenvalue weighted by Crippen LogP contribution is -2.40. The van der Waals surface area contributed by atoms with Gasteiger partial charge in [0.25, 0.3) is 0 Å². The van der Waals surface area contributed by atoms with Crippen molar-refractivity contribution in [1.29, 1.82) is 0 Å². The van der Waals surface area contributed by atoms with Gasteiger partial charge >= 0.3 is 5.97 Å². The van der Waals surface area contributed by atoms with E-state index in [0.29, 0.717) is 18.4 Å². The Morgan fingerprint density at radius 1 is 1.32 bits per heavy atom. The van der Waals surface area contributed by atoms with Gasteiger partial charge in [-0.25, -0.2) is 4.39 Å². The topological polar surface area (TPSA) is 63.6 Å². The Kier molecular flexibility index (Phi) is 5.29. The Hall–Kier alpha value is -1.75. The lowest BCUT2D eigenvalue weighted by atomic mass is 9.87. The van der Waals surface area contributed by atoms with Crippen LogP contribution < -0.4 is 0 Å². The van der Waals surface area contributed by atoms with Gasteiger partial charge < -0.3 is 9.84 Å². The number of rotatable bonds is 5. The fourth-order valence-corrected chi connectivity index (χ4v) is 2.68. The number of aliphatic hydroxyl groups is 1. The minimum Gasteiger partial charge on any atom is -0.461 e. The molecule has 1 heterocycles. The third kappa shape index (κ3) is 3.71. The number of carbonyl (C=O) groups excluding carboxylic acids is 2. The molecule has 1 aromatic carbocycles. The Morgan fingerprint density at radius 3 is 2.64 bits per heavy atom. The molecule has 4 nitrogen and oxygen atoms in total. The molecule has 0 spiro atoms. The Bertz CT molecular complexity index is 550. The number of carbonyl (C=O) groups is 2. The highest BCUT2D eigenvalue weighted by atomic mass is 19.1. The molecule has 5 heteroatoms. The van der Waals surface area contributed by atoms with Crippen LogP contribution in [0.1, 0.15) is 37.8 Å². The number of hydrogen-bond acceptors (Lipinski definition) is 4. The summed E-state index contributed by atoms with van der Waals surface area (Å²) in [6.07, 6.45) is 0.662. The molecule has 22 heavy (non-hydrogen) atoms. The van der Waals surface area contributed by atoms with Gasteiger partial charge in [-0.2, -0.15) is 0 Å². The third-order valence-corrected chi connectivity index (χ3v) is 4.13. The van der Waals surface area contributed by atoms with Crippen LogP contribution in [0.25, 0.3) is 0 Å². The molecule has 0 amide bonds. The molecule has 0 bridgehead atoms. The molecule has 2 rings (SSSR count). The van der Waals surface area contributed by atoms with Gasteiger partial charge in [-0.15, -0.1) is 0 Å². The first-order valence-corrected chi connectivity index (χ1v) is 7.53. The van der Waals surface area contributed by atoms with Crippen molar-refractivity contribution in [2.75, 3.05) is 0 Å². The molecular formula is C17H21FO4. The van der Waals surface area contributed by atoms with Crippen molar-refractivity contribution in [3.63, 3.8) is 0 Å². The summed E-state index contributed by atoms with van der Waals surface area (Å²) in [6.45, 7) is 3.56. The van der Waals surface area contributed by atoms with E-state index in [4.69, 9.17) is 4.74 Å². The molecular weight excluding hydrogens is 287 g/mol. The number of hydrogen-bond donors (Lipinski definition) is 1. The molecule has 0 aromatic heterocycles. The maximum atomic E-state index is 13.1. The third-order valence-electron chi connectivity index (χ3n) is 4.13. The van der Waals surface area contributed by atoms with Crippen molar-refractivity contribution >= 4 is 11.8 Å². The van der Waals surface area contributed by atoms with E-state index in [9.17, 15) is 19.1 Å². The number of aryl methyl sites for hydroxylation is 1. The van der Waals surface area contributed by atoms with E-state index in [-0.39, 0.29) is 30.8 Å². The number of cyclic esters (lactones) is 1. The molecule has 0 radical (unpaired) electrons. The molecule has 1 aliphatic heterocycles. The van der Waals surface area contributed by atoms with Crippen molar-refractivity contribution in [3.8, 4) is 0 Å². The molecule has 1 N–H and O–H groups in total. The first-order chi connectivity index (χ1) is 10.4. The van der Waals surface area contributed by atoms with E-state index in [0.717, 1.165) is 5.56 Å². The molecule has 120 valence electrons. The molecule has 1 fully saturated rings. The molecule has 2 atom stereocenters. The van der Waals surface area contributed by atoms with Gasteiger partial charge in [-0.3, -0.25) is 9.59 Å². The van der Waals surface area contributed by atoms with Gasteiger partial charge in [0, 0.05) is 6.42 Å². The highest BCUT2D eigenvalue weighted by Crippen LogP contribution is 2.26. The lowest BCUT2D eigenvalue weighted by molar-refractivity contribution is -0.167. The van der Waals surface area contributed by atoms with Crippen LogP contribution in [-0.2, 0) is 27.4 Å². The van der Waals surface area contributed by atoms with Crippen LogP contribution in [0.3, 0.4) is 0 Å². The van der Waals surface area contributed by atoms with Crippen molar-refractivity contribution in [3.05, 3.63) is 35.1 Å². The average molecular weight is 308 g/mol. The van der Waals surface area contributed by atoms with E-state index in [1.165, 1.54) is 12.1 Å². The molecule has 1 aromatic rings. The zero-order valence-electron chi connectivity index (χ0n) is 12.8. The summed E-state index contributed by atoms with van der Waals surface area (Å²) < 4.78 is 18.5. The van der Waals surface area contributed by atoms with E-state index < -0.39 is 17.7 Å². The van der Waals surface area contributed by atoms with Crippen LogP contribution in [0, 0.1) is 17.7 Å². The quantitative estimate of drug-likeness (QED) is 0.670. The second-order valence-electron chi connectivity index (χ2n) is 6.05. The van der Waals surface area contributed by atoms with Gasteiger partial charge in [0.05, 0.1) is 6.61 Å². The predicted octanol–water partition coefficient (Wildman–Crippen LogP) is 2.41. The lowest BCUT2D eigenvalue weighted by Gasteiger charge is -2.29. The summed E-state index contributed by atoms with van der Waals surface area (Å²) in [4.78, 5) is 24.1. The van der Waals surface area contributed by atoms with Crippen molar-refractivity contribution < 1.29 is 23.8 Å². The Labute approximate surface area is 129 Å². The maximum Gasteiger partial charge on any atom is 0.316 e. The summed E-state index contributed by atoms with van der Waals surface area (Å²) >= 11 is 0. The largest absolute Gasteiger partial charge is 0.461 e. The van der Waals surface area contributed by atoms with Gasteiger partial charge in [-0.1, -0.05) is 19.9 Å². The predicted molar refractivity (Wildman–Crippen MR) is 78.5 cm³/mol. The highest BCUT2D eigenvalue weighted by Gasteiger charge is 2.37. The van der Waals surface area contributed by atoms with Gasteiger partial charge in [-0.05, 0) is 42.0 Å². The fourth-order valence-electron chi connectivity index (χ4n) is 2.68. The van der Waals surface area contributed by atoms with Gasteiger partial charge in [0.2, 0.25) is 0 Å². The van der Waals surface area contributed by atoms with E-state index >= 15 is 0 Å². The minimum absolute atomic E-state index is 0.0948. The second-order valence-corrected chi connectivity index (χ2v) is 6.05. The highest BCUT2D eigenvalue weighted by molar-refractivity contribution is 6.01. The number of esters is 1. The summed E-state index contributed by atoms with van der Waals surface area (Å²) in [5.41, 5.74) is 1.23. The van der Waals surface area contributed by atoms with Crippen molar-refractivity contribution in [2.24, 2.45) is 11.8 Å². The standard InChI is InChI=1S/C17H21FO4/c1-10(2)16-8-15(20)14(17(21)22-16)6-4-11-3-5-13(18)7-12(11)9-19/h3,5,7,10,14,16,19H,4,6,8-9H2,1-2H3. The fraction of sp³-hybridized carbons (Fsp3) is 0.529. The number of benzene rings is 1. The molecule has 2 unspecified atom stereocenters. The molecule has 1 aliphatic rings. The Balaban J connectivity index is 2.03. The molecule has 1 saturated heterocycles. The SMILES string of the molecule is CC(C)C1CC(=O)C(CCc2ccc(F)cc2CO)C(=O)O1. The molecule has 0 saturated carbocycles. The van der Waals surface area contributed by atoms with Gasteiger partial charge in [0.15, 0.2) is 5.78 Å². The van der Waals surface area contributed by atoms with Crippen molar-refractivity contribution in [2.45, 2.75) is 45.8 Å². The summed E-state index contributed by atoms with van der Waals surface area (Å²) in [5, 5.41) is 9.25. The maximum absolute atomic E-state index is 13.1. The average Bonchev–Trinajstić information content (AvgIpc) is 2.47. The van der Waals surface area contributed by atoms with Crippen LogP contribution >= 0.6 is 0 Å². The monoisotopic (exact) mass is 308 g/mol.